The van der Waals surface area contributed by atoms with Crippen LogP contribution in [0.4, 0.5) is 27.9 Å². The average Bonchev–Trinajstić information content (AvgIpc) is 3.85. The third kappa shape index (κ3) is 8.03. The van der Waals surface area contributed by atoms with E-state index in [2.05, 4.69) is 56.6 Å². The number of carbonyl (C=O) groups excluding carboxylic acids is 2. The van der Waals surface area contributed by atoms with Gasteiger partial charge in [0, 0.05) is 54.1 Å². The molecule has 8 rings (SSSR count). The third-order valence-corrected chi connectivity index (χ3v) is 10.4. The van der Waals surface area contributed by atoms with Gasteiger partial charge in [0.05, 0.1) is 29.5 Å². The van der Waals surface area contributed by atoms with Gasteiger partial charge in [-0.25, -0.2) is 24.4 Å². The van der Waals surface area contributed by atoms with Crippen molar-refractivity contribution in [2.75, 3.05) is 42.1 Å². The number of rotatable bonds is 9. The van der Waals surface area contributed by atoms with Crippen LogP contribution >= 0.6 is 0 Å². The molecule has 3 amide bonds. The predicted octanol–water partition coefficient (Wildman–Crippen LogP) is 7.70. The van der Waals surface area contributed by atoms with Crippen LogP contribution in [0.25, 0.3) is 16.5 Å². The quantitative estimate of drug-likeness (QED) is 0.136. The molecule has 2 aliphatic rings. The van der Waals surface area contributed by atoms with Crippen LogP contribution in [0.1, 0.15) is 60.9 Å². The van der Waals surface area contributed by atoms with Gasteiger partial charge in [0.25, 0.3) is 5.91 Å². The fourth-order valence-corrected chi connectivity index (χ4v) is 7.26. The van der Waals surface area contributed by atoms with Crippen LogP contribution in [-0.2, 0) is 12.0 Å². The van der Waals surface area contributed by atoms with Crippen LogP contribution < -0.4 is 20.7 Å². The highest BCUT2D eigenvalue weighted by atomic mass is 16.5. The second-order valence-corrected chi connectivity index (χ2v) is 15.5. The number of aryl methyl sites for hydroxylation is 1. The van der Waals surface area contributed by atoms with E-state index in [9.17, 15) is 9.59 Å². The second kappa shape index (κ2) is 15.4. The van der Waals surface area contributed by atoms with Crippen LogP contribution in [0.15, 0.2) is 97.5 Å². The summed E-state index contributed by atoms with van der Waals surface area (Å²) in [5.41, 5.74) is 4.52. The Hall–Kier alpha value is -6.34. The molecule has 0 aliphatic carbocycles. The first-order chi connectivity index (χ1) is 27.1. The second-order valence-electron chi connectivity index (χ2n) is 15.5. The van der Waals surface area contributed by atoms with Gasteiger partial charge in [0.2, 0.25) is 0 Å². The lowest BCUT2D eigenvalue weighted by Crippen LogP contribution is -2.52. The van der Waals surface area contributed by atoms with Gasteiger partial charge in [-0.05, 0) is 68.3 Å². The highest BCUT2D eigenvalue weighted by Gasteiger charge is 2.33. The first-order valence-corrected chi connectivity index (χ1v) is 19.0. The standard InChI is InChI=1S/C43H46N10O3/c1-28-11-13-30(14-12-28)53-40(23-37(50-53)43(2,3)4)49-42(55)47-34-15-16-36(33-10-6-5-9-32(33)34)56-27-29-17-18-44-38(22-29)48-39-25-45-35(24-46-39)41(54)52-21-20-51-19-7-8-31(51)26-52/h5-6,9-18,22-25,31H,7-8,19-21,26-27H2,1-4H3,(H,44,46,48)(H2,47,49,55). The Morgan fingerprint density at radius 3 is 2.46 bits per heavy atom. The Morgan fingerprint density at radius 2 is 1.68 bits per heavy atom. The van der Waals surface area contributed by atoms with Crippen molar-refractivity contribution < 1.29 is 14.3 Å². The molecule has 56 heavy (non-hydrogen) atoms. The highest BCUT2D eigenvalue weighted by Crippen LogP contribution is 2.33. The van der Waals surface area contributed by atoms with Crippen molar-refractivity contribution in [2.24, 2.45) is 0 Å². The molecule has 3 aromatic heterocycles. The van der Waals surface area contributed by atoms with E-state index in [4.69, 9.17) is 9.84 Å². The van der Waals surface area contributed by atoms with Gasteiger partial charge >= 0.3 is 6.03 Å². The van der Waals surface area contributed by atoms with E-state index in [0.29, 0.717) is 47.2 Å². The van der Waals surface area contributed by atoms with Crippen molar-refractivity contribution >= 4 is 45.9 Å². The zero-order chi connectivity index (χ0) is 38.8. The number of carbonyl (C=O) groups is 2. The molecule has 1 atom stereocenters. The molecule has 0 saturated carbocycles. The molecule has 3 N–H and O–H groups in total. The van der Waals surface area contributed by atoms with Crippen molar-refractivity contribution in [2.45, 2.75) is 58.6 Å². The van der Waals surface area contributed by atoms with E-state index in [0.717, 1.165) is 59.3 Å². The first-order valence-electron chi connectivity index (χ1n) is 19.0. The van der Waals surface area contributed by atoms with Gasteiger partial charge in [-0.1, -0.05) is 62.7 Å². The van der Waals surface area contributed by atoms with E-state index in [-0.39, 0.29) is 24.0 Å². The van der Waals surface area contributed by atoms with E-state index in [1.807, 2.05) is 90.7 Å². The number of urea groups is 1. The van der Waals surface area contributed by atoms with Gasteiger partial charge in [0.15, 0.2) is 0 Å². The number of ether oxygens (including phenoxy) is 1. The van der Waals surface area contributed by atoms with E-state index < -0.39 is 0 Å². The van der Waals surface area contributed by atoms with E-state index in [1.54, 1.807) is 17.1 Å². The number of amides is 3. The Morgan fingerprint density at radius 1 is 0.857 bits per heavy atom. The Balaban J connectivity index is 0.915. The summed E-state index contributed by atoms with van der Waals surface area (Å²) in [7, 11) is 0. The largest absolute Gasteiger partial charge is 0.488 e. The summed E-state index contributed by atoms with van der Waals surface area (Å²) in [6, 6.07) is 25.3. The molecule has 5 heterocycles. The number of benzene rings is 3. The minimum Gasteiger partial charge on any atom is -0.488 e. The number of pyridine rings is 1. The molecule has 286 valence electrons. The van der Waals surface area contributed by atoms with Crippen LogP contribution in [0.3, 0.4) is 0 Å². The van der Waals surface area contributed by atoms with Crippen LogP contribution in [0.5, 0.6) is 5.75 Å². The Bertz CT molecular complexity index is 2370. The van der Waals surface area contributed by atoms with E-state index >= 15 is 0 Å². The van der Waals surface area contributed by atoms with Crippen LogP contribution in [-0.4, -0.2) is 78.7 Å². The van der Waals surface area contributed by atoms with Crippen molar-refractivity contribution in [1.82, 2.24) is 34.5 Å². The molecule has 13 heteroatoms. The zero-order valence-electron chi connectivity index (χ0n) is 32.1. The summed E-state index contributed by atoms with van der Waals surface area (Å²) >= 11 is 0. The number of anilines is 4. The monoisotopic (exact) mass is 750 g/mol. The number of hydrogen-bond donors (Lipinski definition) is 3. The molecule has 1 unspecified atom stereocenters. The SMILES string of the molecule is Cc1ccc(-n2nc(C(C)(C)C)cc2NC(=O)Nc2ccc(OCc3ccnc(Nc4cnc(C(=O)N5CCN6CCCC6C5)cn4)c3)c3ccccc23)cc1. The molecule has 0 radical (unpaired) electrons. The maximum atomic E-state index is 13.5. The minimum absolute atomic E-state index is 0.0794. The van der Waals surface area contributed by atoms with Crippen LogP contribution in [0, 0.1) is 6.92 Å². The molecular weight excluding hydrogens is 705 g/mol. The number of aromatic nitrogens is 5. The molecule has 0 spiro atoms. The number of hydrogen-bond acceptors (Lipinski definition) is 9. The minimum atomic E-state index is -0.386. The molecule has 2 saturated heterocycles. The summed E-state index contributed by atoms with van der Waals surface area (Å²) in [5, 5.41) is 15.8. The molecular formula is C43H46N10O3. The summed E-state index contributed by atoms with van der Waals surface area (Å²) < 4.78 is 8.09. The molecule has 2 fully saturated rings. The van der Waals surface area contributed by atoms with Crippen molar-refractivity contribution in [3.8, 4) is 11.4 Å². The number of fused-ring (bicyclic) bond motifs is 2. The maximum absolute atomic E-state index is 13.5. The smallest absolute Gasteiger partial charge is 0.324 e. The summed E-state index contributed by atoms with van der Waals surface area (Å²) in [5.74, 6) is 2.22. The summed E-state index contributed by atoms with van der Waals surface area (Å²) in [6.45, 7) is 12.1. The van der Waals surface area contributed by atoms with E-state index in [1.165, 1.54) is 12.6 Å². The topological polar surface area (TPSA) is 142 Å². The van der Waals surface area contributed by atoms with Gasteiger partial charge in [-0.2, -0.15) is 5.10 Å². The number of nitrogens with zero attached hydrogens (tertiary/aromatic N) is 7. The summed E-state index contributed by atoms with van der Waals surface area (Å²) in [4.78, 5) is 44.3. The fraction of sp³-hybridized carbons (Fsp3) is 0.302. The average molecular weight is 751 g/mol. The molecule has 13 nitrogen and oxygen atoms in total. The molecule has 0 bridgehead atoms. The third-order valence-electron chi connectivity index (χ3n) is 10.4. The lowest BCUT2D eigenvalue weighted by Gasteiger charge is -2.37. The maximum Gasteiger partial charge on any atom is 0.324 e. The number of piperazine rings is 1. The van der Waals surface area contributed by atoms with Crippen LogP contribution in [0.2, 0.25) is 0 Å². The van der Waals surface area contributed by atoms with Crippen molar-refractivity contribution in [3.05, 3.63) is 120 Å². The zero-order valence-corrected chi connectivity index (χ0v) is 32.1. The fourth-order valence-electron chi connectivity index (χ4n) is 7.26. The Kier molecular flexibility index (Phi) is 10.1. The highest BCUT2D eigenvalue weighted by molar-refractivity contribution is 6.07. The van der Waals surface area contributed by atoms with Gasteiger partial charge in [-0.3, -0.25) is 15.0 Å². The molecule has 6 aromatic rings. The van der Waals surface area contributed by atoms with Gasteiger partial charge in [-0.15, -0.1) is 0 Å². The lowest BCUT2D eigenvalue weighted by molar-refractivity contribution is 0.0565. The normalized spacial score (nSPS) is 15.7. The lowest BCUT2D eigenvalue weighted by atomic mass is 9.92. The molecule has 2 aliphatic heterocycles. The van der Waals surface area contributed by atoms with Gasteiger partial charge < -0.3 is 20.3 Å². The molecule has 3 aromatic carbocycles. The van der Waals surface area contributed by atoms with Crippen molar-refractivity contribution in [3.63, 3.8) is 0 Å². The first kappa shape index (κ1) is 36.6. The summed E-state index contributed by atoms with van der Waals surface area (Å²) in [6.07, 6.45) is 7.12. The van der Waals surface area contributed by atoms with Gasteiger partial charge in [0.1, 0.15) is 35.5 Å². The Labute approximate surface area is 326 Å². The predicted molar refractivity (Wildman–Crippen MR) is 218 cm³/mol. The van der Waals surface area contributed by atoms with Crippen molar-refractivity contribution in [1.29, 1.82) is 0 Å². The number of nitrogens with one attached hydrogen (secondary N) is 3.